The Labute approximate surface area is 109 Å². The first kappa shape index (κ1) is 17.1. The molecule has 0 amide bonds. The van der Waals surface area contributed by atoms with Crippen LogP contribution >= 0.6 is 0 Å². The monoisotopic (exact) mass is 280 g/mol. The van der Waals surface area contributed by atoms with Gasteiger partial charge in [0.05, 0.1) is 6.61 Å². The van der Waals surface area contributed by atoms with E-state index in [1.54, 1.807) is 0 Å². The normalized spacial score (nSPS) is 12.1. The number of carboxylic acids is 1. The molecular weight excluding hydrogens is 260 g/mol. The van der Waals surface area contributed by atoms with E-state index in [9.17, 15) is 13.8 Å². The second kappa shape index (κ2) is 11.2. The predicted octanol–water partition coefficient (Wildman–Crippen LogP) is 0.570. The highest BCUT2D eigenvalue weighted by atomic mass is 32.2. The fraction of sp³-hybridized carbons (Fsp3) is 0.818. The average Bonchev–Trinajstić information content (AvgIpc) is 2.28. The van der Waals surface area contributed by atoms with Gasteiger partial charge < -0.3 is 14.6 Å². The molecule has 0 saturated heterocycles. The van der Waals surface area contributed by atoms with E-state index in [2.05, 4.69) is 0 Å². The molecule has 0 aromatic carbocycles. The van der Waals surface area contributed by atoms with Crippen LogP contribution in [0.3, 0.4) is 0 Å². The van der Waals surface area contributed by atoms with Gasteiger partial charge in [-0.25, -0.2) is 0 Å². The van der Waals surface area contributed by atoms with Gasteiger partial charge in [0.2, 0.25) is 0 Å². The van der Waals surface area contributed by atoms with Crippen molar-refractivity contribution in [2.24, 2.45) is 0 Å². The van der Waals surface area contributed by atoms with Crippen LogP contribution in [0.1, 0.15) is 26.2 Å². The fourth-order valence-electron chi connectivity index (χ4n) is 1.09. The molecule has 7 heteroatoms. The van der Waals surface area contributed by atoms with Crippen molar-refractivity contribution in [1.29, 1.82) is 0 Å². The standard InChI is InChI=1S/C11H20O6S/c1-2-5-16-6-7-17-11(14)9-18(15)8-3-4-10(12)13/h2-9H2,1H3,(H,12,13). The lowest BCUT2D eigenvalue weighted by atomic mass is 10.3. The number of hydrogen-bond acceptors (Lipinski definition) is 5. The molecule has 0 aliphatic heterocycles. The minimum Gasteiger partial charge on any atom is -0.481 e. The molecule has 0 saturated carbocycles. The summed E-state index contributed by atoms with van der Waals surface area (Å²) >= 11 is 0. The Kier molecular flexibility index (Phi) is 10.6. The van der Waals surface area contributed by atoms with Gasteiger partial charge >= 0.3 is 11.9 Å². The quantitative estimate of drug-likeness (QED) is 0.439. The van der Waals surface area contributed by atoms with Crippen molar-refractivity contribution in [3.05, 3.63) is 0 Å². The molecule has 0 spiro atoms. The van der Waals surface area contributed by atoms with Crippen LogP contribution in [0.25, 0.3) is 0 Å². The number of rotatable bonds is 11. The van der Waals surface area contributed by atoms with Crippen molar-refractivity contribution >= 4 is 22.7 Å². The van der Waals surface area contributed by atoms with Gasteiger partial charge in [0.25, 0.3) is 0 Å². The third kappa shape index (κ3) is 11.5. The molecule has 0 fully saturated rings. The molecule has 106 valence electrons. The number of hydrogen-bond donors (Lipinski definition) is 1. The lowest BCUT2D eigenvalue weighted by Crippen LogP contribution is -2.18. The van der Waals surface area contributed by atoms with Gasteiger partial charge in [-0.05, 0) is 12.8 Å². The second-order valence-electron chi connectivity index (χ2n) is 3.62. The first-order valence-corrected chi connectivity index (χ1v) is 7.35. The van der Waals surface area contributed by atoms with Crippen LogP contribution in [0.5, 0.6) is 0 Å². The summed E-state index contributed by atoms with van der Waals surface area (Å²) < 4.78 is 21.3. The number of carbonyl (C=O) groups excluding carboxylic acids is 1. The number of carbonyl (C=O) groups is 2. The Bertz CT molecular complexity index is 279. The molecule has 18 heavy (non-hydrogen) atoms. The highest BCUT2D eigenvalue weighted by Crippen LogP contribution is 1.95. The maximum absolute atomic E-state index is 11.4. The SMILES string of the molecule is CCCOCCOC(=O)CS(=O)CCCC(=O)O. The summed E-state index contributed by atoms with van der Waals surface area (Å²) in [6.45, 7) is 3.10. The maximum atomic E-state index is 11.4. The highest BCUT2D eigenvalue weighted by molar-refractivity contribution is 7.85. The van der Waals surface area contributed by atoms with E-state index in [1.807, 2.05) is 6.92 Å². The van der Waals surface area contributed by atoms with Gasteiger partial charge in [0.1, 0.15) is 12.4 Å². The summed E-state index contributed by atoms with van der Waals surface area (Å²) in [4.78, 5) is 21.4. The fourth-order valence-corrected chi connectivity index (χ4v) is 2.05. The van der Waals surface area contributed by atoms with Crippen LogP contribution in [0.2, 0.25) is 0 Å². The molecule has 0 rings (SSSR count). The number of carboxylic acid groups (broad SMARTS) is 1. The van der Waals surface area contributed by atoms with Gasteiger partial charge in [-0.1, -0.05) is 6.92 Å². The van der Waals surface area contributed by atoms with E-state index in [4.69, 9.17) is 14.6 Å². The third-order valence-electron chi connectivity index (χ3n) is 1.88. The largest absolute Gasteiger partial charge is 0.481 e. The highest BCUT2D eigenvalue weighted by Gasteiger charge is 2.09. The average molecular weight is 280 g/mol. The molecule has 0 aromatic rings. The topological polar surface area (TPSA) is 89.9 Å². The minimum atomic E-state index is -1.35. The Balaban J connectivity index is 3.49. The minimum absolute atomic E-state index is 0.0361. The summed E-state index contributed by atoms with van der Waals surface area (Å²) in [5.74, 6) is -1.45. The number of aliphatic carboxylic acids is 1. The molecule has 1 N–H and O–H groups in total. The first-order chi connectivity index (χ1) is 8.56. The zero-order valence-corrected chi connectivity index (χ0v) is 11.4. The van der Waals surface area contributed by atoms with E-state index in [1.165, 1.54) is 0 Å². The van der Waals surface area contributed by atoms with Gasteiger partial charge in [-0.15, -0.1) is 0 Å². The molecule has 6 nitrogen and oxygen atoms in total. The van der Waals surface area contributed by atoms with Crippen molar-refractivity contribution in [3.8, 4) is 0 Å². The van der Waals surface area contributed by atoms with Crippen LogP contribution in [0, 0.1) is 0 Å². The van der Waals surface area contributed by atoms with E-state index in [-0.39, 0.29) is 24.5 Å². The number of esters is 1. The smallest absolute Gasteiger partial charge is 0.318 e. The molecule has 0 heterocycles. The van der Waals surface area contributed by atoms with Crippen molar-refractivity contribution in [1.82, 2.24) is 0 Å². The van der Waals surface area contributed by atoms with Crippen LogP contribution in [-0.4, -0.2) is 52.6 Å². The van der Waals surface area contributed by atoms with Crippen LogP contribution in [-0.2, 0) is 29.9 Å². The van der Waals surface area contributed by atoms with Crippen LogP contribution in [0.4, 0.5) is 0 Å². The Hall–Kier alpha value is -0.950. The van der Waals surface area contributed by atoms with Crippen molar-refractivity contribution in [2.45, 2.75) is 26.2 Å². The molecule has 1 atom stereocenters. The van der Waals surface area contributed by atoms with Gasteiger partial charge in [0.15, 0.2) is 0 Å². The molecule has 1 unspecified atom stereocenters. The van der Waals surface area contributed by atoms with Crippen molar-refractivity contribution in [3.63, 3.8) is 0 Å². The van der Waals surface area contributed by atoms with Gasteiger partial charge in [0, 0.05) is 29.6 Å². The van der Waals surface area contributed by atoms with E-state index in [0.717, 1.165) is 6.42 Å². The third-order valence-corrected chi connectivity index (χ3v) is 3.18. The molecule has 0 aliphatic carbocycles. The van der Waals surface area contributed by atoms with E-state index in [0.29, 0.717) is 19.6 Å². The molecule has 0 aliphatic rings. The molecular formula is C11H20O6S. The zero-order valence-electron chi connectivity index (χ0n) is 10.6. The van der Waals surface area contributed by atoms with Crippen LogP contribution < -0.4 is 0 Å². The lowest BCUT2D eigenvalue weighted by Gasteiger charge is -2.05. The summed E-state index contributed by atoms with van der Waals surface area (Å²) in [5.41, 5.74) is 0. The van der Waals surface area contributed by atoms with Gasteiger partial charge in [-0.2, -0.15) is 0 Å². The molecule has 0 radical (unpaired) electrons. The second-order valence-corrected chi connectivity index (χ2v) is 5.19. The van der Waals surface area contributed by atoms with Crippen LogP contribution in [0.15, 0.2) is 0 Å². The lowest BCUT2D eigenvalue weighted by molar-refractivity contribution is -0.142. The molecule has 0 aromatic heterocycles. The maximum Gasteiger partial charge on any atom is 0.318 e. The number of ether oxygens (including phenoxy) is 2. The summed E-state index contributed by atoms with van der Waals surface area (Å²) in [7, 11) is -1.35. The Morgan fingerprint density at radius 1 is 1.22 bits per heavy atom. The van der Waals surface area contributed by atoms with E-state index >= 15 is 0 Å². The summed E-state index contributed by atoms with van der Waals surface area (Å²) in [6.07, 6.45) is 1.17. The summed E-state index contributed by atoms with van der Waals surface area (Å²) in [5, 5.41) is 8.39. The summed E-state index contributed by atoms with van der Waals surface area (Å²) in [6, 6.07) is 0. The molecule has 0 bridgehead atoms. The first-order valence-electron chi connectivity index (χ1n) is 5.86. The van der Waals surface area contributed by atoms with E-state index < -0.39 is 22.7 Å². The predicted molar refractivity (Wildman–Crippen MR) is 66.8 cm³/mol. The van der Waals surface area contributed by atoms with Gasteiger partial charge in [-0.3, -0.25) is 13.8 Å². The Morgan fingerprint density at radius 3 is 2.56 bits per heavy atom. The Morgan fingerprint density at radius 2 is 1.94 bits per heavy atom. The van der Waals surface area contributed by atoms with Crippen molar-refractivity contribution in [2.75, 3.05) is 31.3 Å². The van der Waals surface area contributed by atoms with Crippen molar-refractivity contribution < 1.29 is 28.4 Å². The zero-order chi connectivity index (χ0) is 13.8.